The number of hydrogen-bond acceptors (Lipinski definition) is 2. The molecule has 15 heavy (non-hydrogen) atoms. The van der Waals surface area contributed by atoms with E-state index in [0.717, 1.165) is 23.9 Å². The first kappa shape index (κ1) is 11.4. The molecule has 2 aliphatic rings. The van der Waals surface area contributed by atoms with Crippen LogP contribution < -0.4 is 5.32 Å². The monoisotopic (exact) mass is 210 g/mol. The van der Waals surface area contributed by atoms with Gasteiger partial charge in [0.25, 0.3) is 0 Å². The van der Waals surface area contributed by atoms with E-state index in [1.807, 2.05) is 0 Å². The third-order valence-electron chi connectivity index (χ3n) is 4.18. The van der Waals surface area contributed by atoms with Gasteiger partial charge < -0.3 is 5.32 Å². The third-order valence-corrected chi connectivity index (χ3v) is 4.18. The van der Waals surface area contributed by atoms with Crippen LogP contribution in [0.15, 0.2) is 0 Å². The van der Waals surface area contributed by atoms with Crippen molar-refractivity contribution in [3.63, 3.8) is 0 Å². The molecule has 2 fully saturated rings. The van der Waals surface area contributed by atoms with Gasteiger partial charge in [0, 0.05) is 31.2 Å². The number of hydrogen-bond donors (Lipinski definition) is 1. The summed E-state index contributed by atoms with van der Waals surface area (Å²) in [6.45, 7) is 11.9. The Morgan fingerprint density at radius 2 is 1.87 bits per heavy atom. The van der Waals surface area contributed by atoms with Crippen molar-refractivity contribution in [3.05, 3.63) is 0 Å². The van der Waals surface area contributed by atoms with Gasteiger partial charge in [0.05, 0.1) is 0 Å². The maximum atomic E-state index is 3.62. The first-order valence-electron chi connectivity index (χ1n) is 6.58. The maximum Gasteiger partial charge on any atom is 0.0247 e. The number of piperazine rings is 1. The Balaban J connectivity index is 2.01. The molecule has 0 spiro atoms. The normalized spacial score (nSPS) is 35.8. The average molecular weight is 210 g/mol. The fourth-order valence-corrected chi connectivity index (χ4v) is 2.89. The Labute approximate surface area is 94.4 Å². The summed E-state index contributed by atoms with van der Waals surface area (Å²) in [6.07, 6.45) is 2.93. The van der Waals surface area contributed by atoms with Crippen LogP contribution >= 0.6 is 0 Å². The lowest BCUT2D eigenvalue weighted by molar-refractivity contribution is 0.0571. The van der Waals surface area contributed by atoms with Crippen LogP contribution in [0.2, 0.25) is 0 Å². The zero-order chi connectivity index (χ0) is 11.0. The van der Waals surface area contributed by atoms with Gasteiger partial charge >= 0.3 is 0 Å². The third kappa shape index (κ3) is 2.54. The van der Waals surface area contributed by atoms with Crippen LogP contribution in [0.1, 0.15) is 40.5 Å². The zero-order valence-electron chi connectivity index (χ0n) is 10.7. The predicted molar refractivity (Wildman–Crippen MR) is 65.0 cm³/mol. The van der Waals surface area contributed by atoms with E-state index in [0.29, 0.717) is 6.04 Å². The van der Waals surface area contributed by atoms with E-state index in [1.54, 1.807) is 0 Å². The lowest BCUT2D eigenvalue weighted by Crippen LogP contribution is -2.60. The second kappa shape index (κ2) is 4.42. The highest BCUT2D eigenvalue weighted by atomic mass is 15.3. The summed E-state index contributed by atoms with van der Waals surface area (Å²) in [5.41, 5.74) is 0. The Hall–Kier alpha value is -0.0800. The molecule has 2 heteroatoms. The summed E-state index contributed by atoms with van der Waals surface area (Å²) in [5.74, 6) is 1.77. The van der Waals surface area contributed by atoms with Crippen LogP contribution in [-0.4, -0.2) is 36.1 Å². The summed E-state index contributed by atoms with van der Waals surface area (Å²) >= 11 is 0. The second-order valence-corrected chi connectivity index (χ2v) is 5.90. The molecule has 1 N–H and O–H groups in total. The Bertz CT molecular complexity index is 211. The summed E-state index contributed by atoms with van der Waals surface area (Å²) in [5, 5.41) is 3.62. The molecular weight excluding hydrogens is 184 g/mol. The van der Waals surface area contributed by atoms with Crippen molar-refractivity contribution < 1.29 is 0 Å². The summed E-state index contributed by atoms with van der Waals surface area (Å²) in [4.78, 5) is 2.77. The molecule has 1 saturated heterocycles. The maximum absolute atomic E-state index is 3.62. The second-order valence-electron chi connectivity index (χ2n) is 5.90. The quantitative estimate of drug-likeness (QED) is 0.767. The molecule has 0 amide bonds. The van der Waals surface area contributed by atoms with E-state index >= 15 is 0 Å². The summed E-state index contributed by atoms with van der Waals surface area (Å²) in [7, 11) is 0. The minimum absolute atomic E-state index is 0.668. The van der Waals surface area contributed by atoms with E-state index < -0.39 is 0 Å². The number of rotatable bonds is 3. The number of nitrogens with zero attached hydrogens (tertiary/aromatic N) is 1. The Kier molecular flexibility index (Phi) is 3.36. The van der Waals surface area contributed by atoms with Crippen LogP contribution in [0.4, 0.5) is 0 Å². The van der Waals surface area contributed by atoms with Crippen molar-refractivity contribution >= 4 is 0 Å². The minimum Gasteiger partial charge on any atom is -0.311 e. The molecule has 3 unspecified atom stereocenters. The molecule has 1 aliphatic heterocycles. The van der Waals surface area contributed by atoms with Gasteiger partial charge in [0.1, 0.15) is 0 Å². The minimum atomic E-state index is 0.668. The van der Waals surface area contributed by atoms with Crippen molar-refractivity contribution in [1.82, 2.24) is 10.2 Å². The van der Waals surface area contributed by atoms with Crippen molar-refractivity contribution in [1.29, 1.82) is 0 Å². The van der Waals surface area contributed by atoms with Gasteiger partial charge in [-0.15, -0.1) is 0 Å². The molecule has 2 rings (SSSR count). The lowest BCUT2D eigenvalue weighted by atomic mass is 9.96. The van der Waals surface area contributed by atoms with E-state index in [1.165, 1.54) is 25.9 Å². The molecule has 3 atom stereocenters. The van der Waals surface area contributed by atoms with Crippen LogP contribution in [0.25, 0.3) is 0 Å². The first-order valence-corrected chi connectivity index (χ1v) is 6.58. The largest absolute Gasteiger partial charge is 0.311 e. The Morgan fingerprint density at radius 3 is 2.40 bits per heavy atom. The van der Waals surface area contributed by atoms with Crippen molar-refractivity contribution in [3.8, 4) is 0 Å². The number of nitrogens with one attached hydrogen (secondary N) is 1. The van der Waals surface area contributed by atoms with Crippen LogP contribution in [0.3, 0.4) is 0 Å². The van der Waals surface area contributed by atoms with E-state index in [9.17, 15) is 0 Å². The van der Waals surface area contributed by atoms with Crippen molar-refractivity contribution in [2.45, 2.75) is 58.7 Å². The van der Waals surface area contributed by atoms with Gasteiger partial charge in [-0.05, 0) is 38.5 Å². The standard InChI is InChI=1S/C13H26N2/c1-9(2)13-7-14-10(3)8-15(13)11(4)12-5-6-12/h9-14H,5-8H2,1-4H3. The molecule has 1 saturated carbocycles. The van der Waals surface area contributed by atoms with Crippen LogP contribution in [0, 0.1) is 11.8 Å². The molecule has 0 bridgehead atoms. The highest BCUT2D eigenvalue weighted by Crippen LogP contribution is 2.37. The SMILES string of the molecule is CC1CN(C(C)C2CC2)C(C(C)C)CN1. The van der Waals surface area contributed by atoms with Gasteiger partial charge in [-0.3, -0.25) is 4.90 Å². The molecule has 88 valence electrons. The summed E-state index contributed by atoms with van der Waals surface area (Å²) in [6, 6.07) is 2.22. The lowest BCUT2D eigenvalue weighted by Gasteiger charge is -2.45. The van der Waals surface area contributed by atoms with Gasteiger partial charge in [0.15, 0.2) is 0 Å². The fourth-order valence-electron chi connectivity index (χ4n) is 2.89. The topological polar surface area (TPSA) is 15.3 Å². The van der Waals surface area contributed by atoms with Gasteiger partial charge in [-0.1, -0.05) is 13.8 Å². The first-order chi connectivity index (χ1) is 7.09. The predicted octanol–water partition coefficient (Wildman–Crippen LogP) is 2.10. The zero-order valence-corrected chi connectivity index (χ0v) is 10.7. The van der Waals surface area contributed by atoms with E-state index in [4.69, 9.17) is 0 Å². The molecule has 0 aromatic rings. The van der Waals surface area contributed by atoms with Gasteiger partial charge in [0.2, 0.25) is 0 Å². The van der Waals surface area contributed by atoms with E-state index in [-0.39, 0.29) is 0 Å². The molecule has 2 nitrogen and oxygen atoms in total. The summed E-state index contributed by atoms with van der Waals surface area (Å²) < 4.78 is 0. The molecule has 0 aromatic carbocycles. The smallest absolute Gasteiger partial charge is 0.0247 e. The fraction of sp³-hybridized carbons (Fsp3) is 1.00. The molecule has 0 aromatic heterocycles. The van der Waals surface area contributed by atoms with E-state index in [2.05, 4.69) is 37.9 Å². The highest BCUT2D eigenvalue weighted by Gasteiger charge is 2.38. The van der Waals surface area contributed by atoms with Gasteiger partial charge in [-0.2, -0.15) is 0 Å². The Morgan fingerprint density at radius 1 is 1.20 bits per heavy atom. The molecule has 0 radical (unpaired) electrons. The molecule has 1 heterocycles. The van der Waals surface area contributed by atoms with Crippen molar-refractivity contribution in [2.75, 3.05) is 13.1 Å². The van der Waals surface area contributed by atoms with Crippen LogP contribution in [-0.2, 0) is 0 Å². The highest BCUT2D eigenvalue weighted by molar-refractivity contribution is 4.93. The van der Waals surface area contributed by atoms with Gasteiger partial charge in [-0.25, -0.2) is 0 Å². The van der Waals surface area contributed by atoms with Crippen molar-refractivity contribution in [2.24, 2.45) is 11.8 Å². The molecule has 1 aliphatic carbocycles. The molecular formula is C13H26N2. The average Bonchev–Trinajstić information content (AvgIpc) is 2.99. The van der Waals surface area contributed by atoms with Crippen LogP contribution in [0.5, 0.6) is 0 Å².